The second-order valence-electron chi connectivity index (χ2n) is 6.37. The third kappa shape index (κ3) is 2.74. The minimum Gasteiger partial charge on any atom is -0.508 e. The Labute approximate surface area is 146 Å². The van der Waals surface area contributed by atoms with E-state index in [1.54, 1.807) is 13.0 Å². The van der Waals surface area contributed by atoms with E-state index in [2.05, 4.69) is 17.0 Å². The number of carbonyl (C=O) groups is 1. The molecule has 4 rings (SSSR count). The first-order valence-corrected chi connectivity index (χ1v) is 8.67. The number of carbonyl (C=O) groups excluding carboxylic acids is 1. The number of nitrogens with zero attached hydrogens (tertiary/aromatic N) is 1. The van der Waals surface area contributed by atoms with Crippen molar-refractivity contribution in [3.63, 3.8) is 0 Å². The highest BCUT2D eigenvalue weighted by molar-refractivity contribution is 5.94. The predicted molar refractivity (Wildman–Crippen MR) is 93.8 cm³/mol. The van der Waals surface area contributed by atoms with Gasteiger partial charge in [-0.2, -0.15) is 0 Å². The third-order valence-electron chi connectivity index (χ3n) is 4.90. The van der Waals surface area contributed by atoms with Crippen LogP contribution in [0.1, 0.15) is 40.9 Å². The zero-order valence-corrected chi connectivity index (χ0v) is 14.1. The second-order valence-corrected chi connectivity index (χ2v) is 6.37. The van der Waals surface area contributed by atoms with Crippen molar-refractivity contribution < 1.29 is 19.4 Å². The van der Waals surface area contributed by atoms with Crippen molar-refractivity contribution in [2.24, 2.45) is 0 Å². The molecule has 5 nitrogen and oxygen atoms in total. The molecule has 0 saturated carbocycles. The van der Waals surface area contributed by atoms with E-state index in [-0.39, 0.29) is 24.0 Å². The molecule has 25 heavy (non-hydrogen) atoms. The lowest BCUT2D eigenvalue weighted by atomic mass is 9.93. The molecule has 1 N–H and O–H groups in total. The molecule has 0 unspecified atom stereocenters. The summed E-state index contributed by atoms with van der Waals surface area (Å²) in [5, 5.41) is 10.2. The van der Waals surface area contributed by atoms with E-state index in [1.807, 2.05) is 18.2 Å². The normalized spacial score (nSPS) is 21.6. The number of anilines is 1. The lowest BCUT2D eigenvalue weighted by Crippen LogP contribution is -2.37. The second kappa shape index (κ2) is 6.41. The van der Waals surface area contributed by atoms with Gasteiger partial charge in [0.25, 0.3) is 0 Å². The highest BCUT2D eigenvalue weighted by atomic mass is 16.5. The van der Waals surface area contributed by atoms with Gasteiger partial charge in [-0.15, -0.1) is 0 Å². The summed E-state index contributed by atoms with van der Waals surface area (Å²) in [5.41, 5.74) is 3.41. The Hall–Kier alpha value is -2.53. The first-order valence-electron chi connectivity index (χ1n) is 8.67. The molecule has 0 aromatic heterocycles. The fourth-order valence-electron chi connectivity index (χ4n) is 3.83. The molecular formula is C20H21NO4. The number of rotatable bonds is 3. The minimum absolute atomic E-state index is 0.0328. The Kier molecular flexibility index (Phi) is 4.09. The molecular weight excluding hydrogens is 318 g/mol. The summed E-state index contributed by atoms with van der Waals surface area (Å²) in [6.07, 6.45) is 1.51. The van der Waals surface area contributed by atoms with E-state index in [4.69, 9.17) is 9.47 Å². The number of fused-ring (bicyclic) bond motifs is 3. The van der Waals surface area contributed by atoms with Crippen molar-refractivity contribution in [2.75, 3.05) is 18.1 Å². The van der Waals surface area contributed by atoms with Crippen LogP contribution in [0.3, 0.4) is 0 Å². The summed E-state index contributed by atoms with van der Waals surface area (Å²) < 4.78 is 11.2. The van der Waals surface area contributed by atoms with E-state index in [0.717, 1.165) is 24.1 Å². The average Bonchev–Trinajstić information content (AvgIpc) is 3.06. The third-order valence-corrected chi connectivity index (χ3v) is 4.90. The maximum Gasteiger partial charge on any atom is 0.338 e. The molecule has 0 spiro atoms. The minimum atomic E-state index is -0.385. The van der Waals surface area contributed by atoms with Gasteiger partial charge in [-0.3, -0.25) is 0 Å². The van der Waals surface area contributed by atoms with E-state index in [1.165, 1.54) is 11.6 Å². The quantitative estimate of drug-likeness (QED) is 0.868. The fraction of sp³-hybridized carbons (Fsp3) is 0.350. The van der Waals surface area contributed by atoms with Crippen LogP contribution in [0.5, 0.6) is 5.75 Å². The Morgan fingerprint density at radius 3 is 2.88 bits per heavy atom. The molecule has 1 fully saturated rings. The number of ether oxygens (including phenoxy) is 2. The summed E-state index contributed by atoms with van der Waals surface area (Å²) in [7, 11) is 0. The van der Waals surface area contributed by atoms with Crippen LogP contribution < -0.4 is 4.90 Å². The van der Waals surface area contributed by atoms with E-state index in [9.17, 15) is 9.90 Å². The highest BCUT2D eigenvalue weighted by Crippen LogP contribution is 2.44. The summed E-state index contributed by atoms with van der Waals surface area (Å²) in [6, 6.07) is 13.5. The predicted octanol–water partition coefficient (Wildman–Crippen LogP) is 3.42. The van der Waals surface area contributed by atoms with Crippen LogP contribution in [0.25, 0.3) is 0 Å². The molecule has 5 heteroatoms. The fourth-order valence-corrected chi connectivity index (χ4v) is 3.83. The topological polar surface area (TPSA) is 59.0 Å². The SMILES string of the molecule is CCOC(=O)c1cc(O)cc2c1CC[C@H]1OC[C@@H](c3ccccc3)N21. The van der Waals surface area contributed by atoms with Crippen molar-refractivity contribution in [3.8, 4) is 5.75 Å². The maximum atomic E-state index is 12.3. The van der Waals surface area contributed by atoms with Gasteiger partial charge in [-0.1, -0.05) is 30.3 Å². The molecule has 2 aliphatic rings. The summed E-state index contributed by atoms with van der Waals surface area (Å²) >= 11 is 0. The van der Waals surface area contributed by atoms with Crippen molar-refractivity contribution in [2.45, 2.75) is 32.0 Å². The number of esters is 1. The number of benzene rings is 2. The zero-order chi connectivity index (χ0) is 17.4. The maximum absolute atomic E-state index is 12.3. The number of hydrogen-bond acceptors (Lipinski definition) is 5. The standard InChI is InChI=1S/C20H21NO4/c1-2-24-20(23)16-10-14(22)11-17-15(16)8-9-19-21(17)18(12-25-19)13-6-4-3-5-7-13/h3-7,10-11,18-19,22H,2,8-9,12H2,1H3/t18-,19+/m0/s1. The van der Waals surface area contributed by atoms with Crippen LogP contribution in [0.4, 0.5) is 5.69 Å². The molecule has 2 aromatic carbocycles. The average molecular weight is 339 g/mol. The number of phenols is 1. The van der Waals surface area contributed by atoms with Gasteiger partial charge >= 0.3 is 5.97 Å². The summed E-state index contributed by atoms with van der Waals surface area (Å²) in [5.74, 6) is -0.314. The smallest absolute Gasteiger partial charge is 0.338 e. The lowest BCUT2D eigenvalue weighted by Gasteiger charge is -2.36. The Morgan fingerprint density at radius 1 is 1.32 bits per heavy atom. The van der Waals surface area contributed by atoms with Gasteiger partial charge in [-0.25, -0.2) is 4.79 Å². The molecule has 130 valence electrons. The van der Waals surface area contributed by atoms with Crippen LogP contribution in [0, 0.1) is 0 Å². The van der Waals surface area contributed by atoms with E-state index >= 15 is 0 Å². The molecule has 0 amide bonds. The Balaban J connectivity index is 1.79. The molecule has 1 saturated heterocycles. The van der Waals surface area contributed by atoms with E-state index in [0.29, 0.717) is 18.8 Å². The van der Waals surface area contributed by atoms with Crippen LogP contribution in [-0.4, -0.2) is 30.5 Å². The molecule has 2 atom stereocenters. The molecule has 2 aromatic rings. The number of hydrogen-bond donors (Lipinski definition) is 1. The van der Waals surface area contributed by atoms with Crippen molar-refractivity contribution in [3.05, 3.63) is 59.2 Å². The van der Waals surface area contributed by atoms with Gasteiger partial charge in [-0.05, 0) is 37.0 Å². The van der Waals surface area contributed by atoms with Crippen LogP contribution in [0.2, 0.25) is 0 Å². The molecule has 0 bridgehead atoms. The molecule has 2 heterocycles. The van der Waals surface area contributed by atoms with E-state index < -0.39 is 0 Å². The molecule has 0 aliphatic carbocycles. The number of aromatic hydroxyl groups is 1. The van der Waals surface area contributed by atoms with Gasteiger partial charge in [0.15, 0.2) is 0 Å². The van der Waals surface area contributed by atoms with Gasteiger partial charge in [0.1, 0.15) is 12.0 Å². The van der Waals surface area contributed by atoms with Gasteiger partial charge in [0, 0.05) is 11.8 Å². The van der Waals surface area contributed by atoms with Crippen molar-refractivity contribution >= 4 is 11.7 Å². The monoisotopic (exact) mass is 339 g/mol. The van der Waals surface area contributed by atoms with Gasteiger partial charge in [0.2, 0.25) is 0 Å². The molecule has 2 aliphatic heterocycles. The molecule has 0 radical (unpaired) electrons. The largest absolute Gasteiger partial charge is 0.508 e. The Bertz CT molecular complexity index is 790. The first-order chi connectivity index (χ1) is 12.2. The zero-order valence-electron chi connectivity index (χ0n) is 14.1. The van der Waals surface area contributed by atoms with Gasteiger partial charge < -0.3 is 19.5 Å². The summed E-state index contributed by atoms with van der Waals surface area (Å²) in [6.45, 7) is 2.69. The van der Waals surface area contributed by atoms with Gasteiger partial charge in [0.05, 0.1) is 24.8 Å². The first kappa shape index (κ1) is 16.0. The summed E-state index contributed by atoms with van der Waals surface area (Å²) in [4.78, 5) is 14.5. The van der Waals surface area contributed by atoms with Crippen molar-refractivity contribution in [1.82, 2.24) is 0 Å². The lowest BCUT2D eigenvalue weighted by molar-refractivity contribution is 0.0523. The van der Waals surface area contributed by atoms with Crippen LogP contribution >= 0.6 is 0 Å². The number of phenolic OH excluding ortho intramolecular Hbond substituents is 1. The van der Waals surface area contributed by atoms with Crippen molar-refractivity contribution in [1.29, 1.82) is 0 Å². The van der Waals surface area contributed by atoms with Crippen LogP contribution in [-0.2, 0) is 15.9 Å². The Morgan fingerprint density at radius 2 is 2.12 bits per heavy atom. The highest BCUT2D eigenvalue weighted by Gasteiger charge is 2.40. The van der Waals surface area contributed by atoms with Crippen LogP contribution in [0.15, 0.2) is 42.5 Å².